The van der Waals surface area contributed by atoms with Crippen LogP contribution in [0.2, 0.25) is 0 Å². The summed E-state index contributed by atoms with van der Waals surface area (Å²) in [5.74, 6) is 0.819. The summed E-state index contributed by atoms with van der Waals surface area (Å²) in [4.78, 5) is 11.2. The third kappa shape index (κ3) is 1.84. The molecule has 0 aromatic heterocycles. The van der Waals surface area contributed by atoms with Gasteiger partial charge in [-0.3, -0.25) is 4.79 Å². The normalized spacial score (nSPS) is 21.4. The number of esters is 1. The molecule has 0 N–H and O–H groups in total. The number of carbonyl (C=O) groups excluding carboxylic acids is 1. The van der Waals surface area contributed by atoms with E-state index >= 15 is 0 Å². The van der Waals surface area contributed by atoms with E-state index in [0.29, 0.717) is 12.2 Å². The van der Waals surface area contributed by atoms with Gasteiger partial charge >= 0.3 is 5.97 Å². The van der Waals surface area contributed by atoms with Gasteiger partial charge < -0.3 is 4.74 Å². The molecule has 0 saturated heterocycles. The molecule has 1 atom stereocenters. The fraction of sp³-hybridized carbons (Fsp3) is 0.250. The Labute approximate surface area is 83.2 Å². The Bertz CT molecular complexity index is 365. The van der Waals surface area contributed by atoms with Gasteiger partial charge in [-0.25, -0.2) is 0 Å². The highest BCUT2D eigenvalue weighted by Crippen LogP contribution is 2.24. The van der Waals surface area contributed by atoms with Crippen LogP contribution in [0.3, 0.4) is 0 Å². The fourth-order valence-corrected chi connectivity index (χ4v) is 1.54. The molecule has 0 spiro atoms. The molecule has 0 saturated carbocycles. The number of hydrogen-bond acceptors (Lipinski definition) is 2. The second-order valence-corrected chi connectivity index (χ2v) is 3.55. The second-order valence-electron chi connectivity index (χ2n) is 3.55. The molecule has 1 aliphatic rings. The minimum absolute atomic E-state index is 0.140. The highest BCUT2D eigenvalue weighted by Gasteiger charge is 2.18. The van der Waals surface area contributed by atoms with Gasteiger partial charge in [0.1, 0.15) is 5.76 Å². The molecule has 1 aromatic rings. The Morgan fingerprint density at radius 2 is 2.00 bits per heavy atom. The second kappa shape index (κ2) is 3.66. The van der Waals surface area contributed by atoms with E-state index in [0.717, 1.165) is 5.56 Å². The molecule has 0 unspecified atom stereocenters. The van der Waals surface area contributed by atoms with Crippen molar-refractivity contribution >= 4 is 11.7 Å². The van der Waals surface area contributed by atoms with Crippen molar-refractivity contribution in [2.24, 2.45) is 5.92 Å². The fourth-order valence-electron chi connectivity index (χ4n) is 1.54. The molecule has 1 aromatic carbocycles. The van der Waals surface area contributed by atoms with Gasteiger partial charge in [0.25, 0.3) is 0 Å². The summed E-state index contributed by atoms with van der Waals surface area (Å²) >= 11 is 0. The lowest BCUT2D eigenvalue weighted by molar-refractivity contribution is -0.138. The minimum atomic E-state index is -0.140. The van der Waals surface area contributed by atoms with Gasteiger partial charge in [0, 0.05) is 5.56 Å². The molecule has 0 bridgehead atoms. The number of hydrogen-bond donors (Lipinski definition) is 0. The average Bonchev–Trinajstić information content (AvgIpc) is 2.18. The molecule has 72 valence electrons. The van der Waals surface area contributed by atoms with Gasteiger partial charge in [0.2, 0.25) is 0 Å². The van der Waals surface area contributed by atoms with E-state index in [-0.39, 0.29) is 11.9 Å². The van der Waals surface area contributed by atoms with Gasteiger partial charge in [-0.1, -0.05) is 37.3 Å². The highest BCUT2D eigenvalue weighted by molar-refractivity contribution is 5.80. The maximum absolute atomic E-state index is 11.2. The van der Waals surface area contributed by atoms with Crippen molar-refractivity contribution in [3.63, 3.8) is 0 Å². The zero-order valence-corrected chi connectivity index (χ0v) is 8.07. The van der Waals surface area contributed by atoms with E-state index < -0.39 is 0 Å². The van der Waals surface area contributed by atoms with Gasteiger partial charge in [-0.05, 0) is 12.0 Å². The summed E-state index contributed by atoms with van der Waals surface area (Å²) in [6, 6.07) is 9.69. The Balaban J connectivity index is 2.31. The lowest BCUT2D eigenvalue weighted by Crippen LogP contribution is -2.13. The third-order valence-corrected chi connectivity index (χ3v) is 2.21. The molecule has 2 nitrogen and oxygen atoms in total. The van der Waals surface area contributed by atoms with Crippen molar-refractivity contribution in [1.29, 1.82) is 0 Å². The van der Waals surface area contributed by atoms with Crippen molar-refractivity contribution in [3.05, 3.63) is 42.0 Å². The van der Waals surface area contributed by atoms with E-state index in [1.165, 1.54) is 0 Å². The first-order valence-electron chi connectivity index (χ1n) is 4.73. The largest absolute Gasteiger partial charge is 0.426 e. The smallest absolute Gasteiger partial charge is 0.311 e. The van der Waals surface area contributed by atoms with E-state index in [9.17, 15) is 4.79 Å². The number of cyclic esters (lactones) is 1. The molecule has 14 heavy (non-hydrogen) atoms. The quantitative estimate of drug-likeness (QED) is 0.633. The van der Waals surface area contributed by atoms with Gasteiger partial charge in [0.05, 0.1) is 6.42 Å². The molecule has 2 heteroatoms. The molecular weight excluding hydrogens is 176 g/mol. The zero-order chi connectivity index (χ0) is 9.97. The molecule has 0 fully saturated rings. The third-order valence-electron chi connectivity index (χ3n) is 2.21. The van der Waals surface area contributed by atoms with Crippen LogP contribution >= 0.6 is 0 Å². The summed E-state index contributed by atoms with van der Waals surface area (Å²) in [6.07, 6.45) is 2.48. The molecule has 1 heterocycles. The lowest BCUT2D eigenvalue weighted by atomic mass is 10.0. The number of allylic oxidation sites excluding steroid dienone is 1. The van der Waals surface area contributed by atoms with Crippen LogP contribution in [0.1, 0.15) is 18.9 Å². The Morgan fingerprint density at radius 1 is 1.29 bits per heavy atom. The predicted molar refractivity (Wildman–Crippen MR) is 54.3 cm³/mol. The topological polar surface area (TPSA) is 26.3 Å². The van der Waals surface area contributed by atoms with E-state index in [2.05, 4.69) is 0 Å². The molecule has 1 aliphatic heterocycles. The monoisotopic (exact) mass is 188 g/mol. The first-order valence-corrected chi connectivity index (χ1v) is 4.73. The van der Waals surface area contributed by atoms with E-state index in [1.807, 2.05) is 43.3 Å². The van der Waals surface area contributed by atoms with Crippen molar-refractivity contribution in [2.75, 3.05) is 0 Å². The summed E-state index contributed by atoms with van der Waals surface area (Å²) in [5, 5.41) is 0. The zero-order valence-electron chi connectivity index (χ0n) is 8.07. The Morgan fingerprint density at radius 3 is 2.64 bits per heavy atom. The van der Waals surface area contributed by atoms with Gasteiger partial charge in [-0.2, -0.15) is 0 Å². The molecular formula is C12H12O2. The van der Waals surface area contributed by atoms with Gasteiger partial charge in [0.15, 0.2) is 0 Å². The molecule has 2 rings (SSSR count). The summed E-state index contributed by atoms with van der Waals surface area (Å²) in [5.41, 5.74) is 0.965. The first kappa shape index (κ1) is 9.00. The van der Waals surface area contributed by atoms with Crippen LogP contribution in [0.5, 0.6) is 0 Å². The van der Waals surface area contributed by atoms with Crippen LogP contribution in [0, 0.1) is 5.92 Å². The van der Waals surface area contributed by atoms with Crippen molar-refractivity contribution < 1.29 is 9.53 Å². The Kier molecular flexibility index (Phi) is 2.35. The predicted octanol–water partition coefficient (Wildman–Crippen LogP) is 2.61. The highest BCUT2D eigenvalue weighted by atomic mass is 16.5. The van der Waals surface area contributed by atoms with Gasteiger partial charge in [-0.15, -0.1) is 0 Å². The summed E-state index contributed by atoms with van der Waals surface area (Å²) in [6.45, 7) is 2.02. The molecule has 0 radical (unpaired) electrons. The number of benzene rings is 1. The van der Waals surface area contributed by atoms with Crippen LogP contribution in [0.25, 0.3) is 5.76 Å². The Hall–Kier alpha value is -1.57. The maximum atomic E-state index is 11.2. The minimum Gasteiger partial charge on any atom is -0.426 e. The molecule has 0 amide bonds. The summed E-state index contributed by atoms with van der Waals surface area (Å²) < 4.78 is 5.16. The lowest BCUT2D eigenvalue weighted by Gasteiger charge is -2.17. The number of carbonyl (C=O) groups is 1. The van der Waals surface area contributed by atoms with Crippen LogP contribution in [0.15, 0.2) is 36.4 Å². The SMILES string of the molecule is C[C@H]1C=C(c2ccccc2)OC(=O)C1. The standard InChI is InChI=1S/C12H12O2/c1-9-7-11(14-12(13)8-9)10-5-3-2-4-6-10/h2-7,9H,8H2,1H3/t9-/m0/s1. The number of ether oxygens (including phenoxy) is 1. The van der Waals surface area contributed by atoms with E-state index in [4.69, 9.17) is 4.74 Å². The summed E-state index contributed by atoms with van der Waals surface area (Å²) in [7, 11) is 0. The maximum Gasteiger partial charge on any atom is 0.311 e. The van der Waals surface area contributed by atoms with E-state index in [1.54, 1.807) is 0 Å². The van der Waals surface area contributed by atoms with Crippen molar-refractivity contribution in [3.8, 4) is 0 Å². The van der Waals surface area contributed by atoms with Crippen molar-refractivity contribution in [2.45, 2.75) is 13.3 Å². The van der Waals surface area contributed by atoms with Crippen LogP contribution in [0.4, 0.5) is 0 Å². The molecule has 0 aliphatic carbocycles. The average molecular weight is 188 g/mol. The van der Waals surface area contributed by atoms with Crippen LogP contribution < -0.4 is 0 Å². The van der Waals surface area contributed by atoms with Crippen molar-refractivity contribution in [1.82, 2.24) is 0 Å². The van der Waals surface area contributed by atoms with Crippen LogP contribution in [-0.2, 0) is 9.53 Å². The van der Waals surface area contributed by atoms with Crippen LogP contribution in [-0.4, -0.2) is 5.97 Å². The first-order chi connectivity index (χ1) is 6.75. The number of rotatable bonds is 1.